The van der Waals surface area contributed by atoms with E-state index < -0.39 is 0 Å². The van der Waals surface area contributed by atoms with Crippen molar-refractivity contribution < 1.29 is 4.74 Å². The predicted molar refractivity (Wildman–Crippen MR) is 68.9 cm³/mol. The molecule has 18 heavy (non-hydrogen) atoms. The third-order valence-corrected chi connectivity index (χ3v) is 2.55. The molecule has 0 unspecified atom stereocenters. The van der Waals surface area contributed by atoms with Gasteiger partial charge in [0.1, 0.15) is 6.61 Å². The number of nitrogens with zero attached hydrogens (tertiary/aromatic N) is 2. The van der Waals surface area contributed by atoms with Crippen LogP contribution < -0.4 is 10.5 Å². The van der Waals surface area contributed by atoms with Crippen molar-refractivity contribution in [2.45, 2.75) is 13.5 Å². The number of nitriles is 1. The molecule has 0 amide bonds. The Morgan fingerprint density at radius 3 is 2.78 bits per heavy atom. The van der Waals surface area contributed by atoms with Crippen LogP contribution in [0, 0.1) is 18.3 Å². The van der Waals surface area contributed by atoms with E-state index in [2.05, 4.69) is 11.1 Å². The van der Waals surface area contributed by atoms with Crippen LogP contribution in [0.3, 0.4) is 0 Å². The minimum atomic E-state index is 0.304. The highest BCUT2D eigenvalue weighted by molar-refractivity contribution is 5.46. The van der Waals surface area contributed by atoms with Crippen LogP contribution in [0.25, 0.3) is 0 Å². The maximum atomic E-state index is 8.96. The molecule has 90 valence electrons. The lowest BCUT2D eigenvalue weighted by molar-refractivity contribution is 0.306. The van der Waals surface area contributed by atoms with Crippen LogP contribution in [0.4, 0.5) is 5.82 Å². The fourth-order valence-corrected chi connectivity index (χ4v) is 1.60. The third kappa shape index (κ3) is 2.58. The highest BCUT2D eigenvalue weighted by atomic mass is 16.5. The van der Waals surface area contributed by atoms with Crippen molar-refractivity contribution in [3.8, 4) is 11.8 Å². The largest absolute Gasteiger partial charge is 0.485 e. The second kappa shape index (κ2) is 5.19. The Bertz CT molecular complexity index is 602. The van der Waals surface area contributed by atoms with Crippen LogP contribution in [0.5, 0.6) is 5.75 Å². The number of benzene rings is 1. The molecule has 1 aromatic heterocycles. The average molecular weight is 239 g/mol. The van der Waals surface area contributed by atoms with Crippen LogP contribution in [-0.4, -0.2) is 4.98 Å². The average Bonchev–Trinajstić information content (AvgIpc) is 2.38. The summed E-state index contributed by atoms with van der Waals surface area (Å²) in [5, 5.41) is 8.96. The first-order valence-corrected chi connectivity index (χ1v) is 5.54. The van der Waals surface area contributed by atoms with E-state index in [0.29, 0.717) is 23.7 Å². The number of pyridine rings is 1. The minimum absolute atomic E-state index is 0.304. The molecule has 4 nitrogen and oxygen atoms in total. The first kappa shape index (κ1) is 11.9. The monoisotopic (exact) mass is 239 g/mol. The van der Waals surface area contributed by atoms with Gasteiger partial charge < -0.3 is 10.5 Å². The normalized spacial score (nSPS) is 9.78. The Morgan fingerprint density at radius 1 is 1.28 bits per heavy atom. The van der Waals surface area contributed by atoms with Gasteiger partial charge in [-0.1, -0.05) is 18.2 Å². The quantitative estimate of drug-likeness (QED) is 0.892. The molecular formula is C14H13N3O. The van der Waals surface area contributed by atoms with Gasteiger partial charge in [-0.25, -0.2) is 4.98 Å². The predicted octanol–water partition coefficient (Wildman–Crippen LogP) is 2.42. The summed E-state index contributed by atoms with van der Waals surface area (Å²) in [7, 11) is 0. The maximum Gasteiger partial charge on any atom is 0.166 e. The molecule has 0 fully saturated rings. The molecule has 0 radical (unpaired) electrons. The summed E-state index contributed by atoms with van der Waals surface area (Å²) in [5.74, 6) is 0.901. The molecule has 1 aromatic carbocycles. The number of nitrogens with two attached hydrogens (primary N) is 1. The lowest BCUT2D eigenvalue weighted by Crippen LogP contribution is -2.02. The number of hydrogen-bond acceptors (Lipinski definition) is 4. The SMILES string of the molecule is Cc1ccc(OCc2ccccc2C#N)c(N)n1. The Labute approximate surface area is 106 Å². The number of aromatic nitrogens is 1. The van der Waals surface area contributed by atoms with Crippen LogP contribution in [0.2, 0.25) is 0 Å². The van der Waals surface area contributed by atoms with Gasteiger partial charge in [-0.05, 0) is 25.1 Å². The molecule has 4 heteroatoms. The minimum Gasteiger partial charge on any atom is -0.485 e. The maximum absolute atomic E-state index is 8.96. The van der Waals surface area contributed by atoms with E-state index in [0.717, 1.165) is 11.3 Å². The fraction of sp³-hybridized carbons (Fsp3) is 0.143. The van der Waals surface area contributed by atoms with Crippen molar-refractivity contribution in [1.29, 1.82) is 5.26 Å². The zero-order chi connectivity index (χ0) is 13.0. The topological polar surface area (TPSA) is 71.9 Å². The van der Waals surface area contributed by atoms with Gasteiger partial charge in [-0.3, -0.25) is 0 Å². The molecule has 1 heterocycles. The van der Waals surface area contributed by atoms with Gasteiger partial charge >= 0.3 is 0 Å². The highest BCUT2D eigenvalue weighted by Gasteiger charge is 2.05. The molecule has 0 spiro atoms. The smallest absolute Gasteiger partial charge is 0.166 e. The van der Waals surface area contributed by atoms with Crippen molar-refractivity contribution >= 4 is 5.82 Å². The molecule has 0 saturated carbocycles. The first-order chi connectivity index (χ1) is 8.70. The van der Waals surface area contributed by atoms with E-state index in [1.165, 1.54) is 0 Å². The van der Waals surface area contributed by atoms with Crippen molar-refractivity contribution in [1.82, 2.24) is 4.98 Å². The molecule has 2 N–H and O–H groups in total. The van der Waals surface area contributed by atoms with E-state index >= 15 is 0 Å². The number of hydrogen-bond donors (Lipinski definition) is 1. The number of nitrogen functional groups attached to an aromatic ring is 1. The molecule has 0 aliphatic rings. The van der Waals surface area contributed by atoms with E-state index in [-0.39, 0.29) is 0 Å². The molecular weight excluding hydrogens is 226 g/mol. The molecule has 0 atom stereocenters. The Balaban J connectivity index is 2.14. The Hall–Kier alpha value is -2.54. The summed E-state index contributed by atoms with van der Waals surface area (Å²) in [6, 6.07) is 13.1. The van der Waals surface area contributed by atoms with E-state index in [1.54, 1.807) is 12.1 Å². The van der Waals surface area contributed by atoms with Crippen LogP contribution >= 0.6 is 0 Å². The number of rotatable bonds is 3. The summed E-state index contributed by atoms with van der Waals surface area (Å²) in [6.07, 6.45) is 0. The third-order valence-electron chi connectivity index (χ3n) is 2.55. The second-order valence-corrected chi connectivity index (χ2v) is 3.89. The second-order valence-electron chi connectivity index (χ2n) is 3.89. The Morgan fingerprint density at radius 2 is 2.06 bits per heavy atom. The summed E-state index contributed by atoms with van der Waals surface area (Å²) in [5.41, 5.74) is 8.04. The van der Waals surface area contributed by atoms with Crippen molar-refractivity contribution in [3.63, 3.8) is 0 Å². The molecule has 0 aliphatic heterocycles. The zero-order valence-electron chi connectivity index (χ0n) is 10.1. The van der Waals surface area contributed by atoms with Crippen molar-refractivity contribution in [2.24, 2.45) is 0 Å². The van der Waals surface area contributed by atoms with Crippen LogP contribution in [-0.2, 0) is 6.61 Å². The number of aryl methyl sites for hydroxylation is 1. The van der Waals surface area contributed by atoms with Crippen LogP contribution in [0.1, 0.15) is 16.8 Å². The van der Waals surface area contributed by atoms with Gasteiger partial charge in [0.05, 0.1) is 11.6 Å². The molecule has 2 rings (SSSR count). The van der Waals surface area contributed by atoms with Gasteiger partial charge in [0.25, 0.3) is 0 Å². The fourth-order valence-electron chi connectivity index (χ4n) is 1.60. The lowest BCUT2D eigenvalue weighted by atomic mass is 10.1. The van der Waals surface area contributed by atoms with E-state index in [1.807, 2.05) is 31.2 Å². The van der Waals surface area contributed by atoms with Crippen molar-refractivity contribution in [3.05, 3.63) is 53.2 Å². The number of ether oxygens (including phenoxy) is 1. The van der Waals surface area contributed by atoms with Crippen molar-refractivity contribution in [2.75, 3.05) is 5.73 Å². The summed E-state index contributed by atoms with van der Waals surface area (Å²) >= 11 is 0. The lowest BCUT2D eigenvalue weighted by Gasteiger charge is -2.09. The van der Waals surface area contributed by atoms with E-state index in [4.69, 9.17) is 15.7 Å². The molecule has 0 saturated heterocycles. The van der Waals surface area contributed by atoms with Gasteiger partial charge in [0, 0.05) is 11.3 Å². The molecule has 0 bridgehead atoms. The van der Waals surface area contributed by atoms with Gasteiger partial charge in [-0.2, -0.15) is 5.26 Å². The standard InChI is InChI=1S/C14H13N3O/c1-10-6-7-13(14(16)17-10)18-9-12-5-3-2-4-11(12)8-15/h2-7H,9H2,1H3,(H2,16,17). The summed E-state index contributed by atoms with van der Waals surface area (Å²) in [6.45, 7) is 2.17. The van der Waals surface area contributed by atoms with Crippen LogP contribution in [0.15, 0.2) is 36.4 Å². The highest BCUT2D eigenvalue weighted by Crippen LogP contribution is 2.20. The zero-order valence-corrected chi connectivity index (χ0v) is 10.1. The Kier molecular flexibility index (Phi) is 3.44. The van der Waals surface area contributed by atoms with Gasteiger partial charge in [-0.15, -0.1) is 0 Å². The first-order valence-electron chi connectivity index (χ1n) is 5.54. The van der Waals surface area contributed by atoms with Gasteiger partial charge in [0.2, 0.25) is 0 Å². The van der Waals surface area contributed by atoms with E-state index in [9.17, 15) is 0 Å². The molecule has 2 aromatic rings. The summed E-state index contributed by atoms with van der Waals surface area (Å²) < 4.78 is 5.58. The van der Waals surface area contributed by atoms with Gasteiger partial charge in [0.15, 0.2) is 11.6 Å². The molecule has 0 aliphatic carbocycles. The summed E-state index contributed by atoms with van der Waals surface area (Å²) in [4.78, 5) is 4.12. The number of anilines is 1.